The summed E-state index contributed by atoms with van der Waals surface area (Å²) in [5.41, 5.74) is -0.103. The van der Waals surface area contributed by atoms with Gasteiger partial charge in [-0.05, 0) is 32.7 Å². The first-order chi connectivity index (χ1) is 6.64. The highest BCUT2D eigenvalue weighted by atomic mass is 16.3. The lowest BCUT2D eigenvalue weighted by Gasteiger charge is -2.26. The molecule has 1 aliphatic rings. The maximum atomic E-state index is 9.07. The van der Waals surface area contributed by atoms with Crippen LogP contribution in [0.1, 0.15) is 52.4 Å². The van der Waals surface area contributed by atoms with E-state index in [0.717, 1.165) is 12.5 Å². The summed E-state index contributed by atoms with van der Waals surface area (Å²) in [6, 6.07) is 0. The van der Waals surface area contributed by atoms with Gasteiger partial charge >= 0.3 is 0 Å². The van der Waals surface area contributed by atoms with Gasteiger partial charge in [0, 0.05) is 5.54 Å². The van der Waals surface area contributed by atoms with Crippen molar-refractivity contribution in [2.75, 3.05) is 13.2 Å². The highest BCUT2D eigenvalue weighted by Gasteiger charge is 2.17. The molecule has 0 radical (unpaired) electrons. The second-order valence-corrected chi connectivity index (χ2v) is 5.26. The summed E-state index contributed by atoms with van der Waals surface area (Å²) in [6.45, 7) is 5.37. The van der Waals surface area contributed by atoms with Crippen LogP contribution in [0.3, 0.4) is 0 Å². The van der Waals surface area contributed by atoms with Gasteiger partial charge in [-0.1, -0.05) is 32.1 Å². The van der Waals surface area contributed by atoms with Gasteiger partial charge in [0.1, 0.15) is 0 Å². The maximum absolute atomic E-state index is 9.07. The number of hydrogen-bond donors (Lipinski definition) is 2. The number of rotatable bonds is 5. The van der Waals surface area contributed by atoms with Crippen molar-refractivity contribution in [1.29, 1.82) is 0 Å². The van der Waals surface area contributed by atoms with Crippen LogP contribution in [0.2, 0.25) is 0 Å². The summed E-state index contributed by atoms with van der Waals surface area (Å²) in [4.78, 5) is 0. The second kappa shape index (κ2) is 5.72. The SMILES string of the molecule is CC(C)(CO)NCCC1CCCCC1. The number of nitrogens with one attached hydrogen (secondary N) is 1. The zero-order valence-corrected chi connectivity index (χ0v) is 9.68. The molecular weight excluding hydrogens is 174 g/mol. The van der Waals surface area contributed by atoms with Gasteiger partial charge in [-0.25, -0.2) is 0 Å². The van der Waals surface area contributed by atoms with Crippen LogP contribution in [0.25, 0.3) is 0 Å². The molecule has 0 aromatic heterocycles. The topological polar surface area (TPSA) is 32.3 Å². The minimum Gasteiger partial charge on any atom is -0.394 e. The van der Waals surface area contributed by atoms with E-state index in [1.165, 1.54) is 38.5 Å². The lowest BCUT2D eigenvalue weighted by atomic mass is 9.87. The molecule has 0 heterocycles. The highest BCUT2D eigenvalue weighted by Crippen LogP contribution is 2.25. The predicted molar refractivity (Wildman–Crippen MR) is 60.4 cm³/mol. The minimum absolute atomic E-state index is 0.103. The third-order valence-corrected chi connectivity index (χ3v) is 3.28. The van der Waals surface area contributed by atoms with Gasteiger partial charge in [0.2, 0.25) is 0 Å². The molecule has 0 bridgehead atoms. The van der Waals surface area contributed by atoms with Crippen molar-refractivity contribution in [2.45, 2.75) is 57.9 Å². The average molecular weight is 199 g/mol. The van der Waals surface area contributed by atoms with E-state index in [9.17, 15) is 0 Å². The molecule has 2 N–H and O–H groups in total. The van der Waals surface area contributed by atoms with Crippen molar-refractivity contribution in [3.63, 3.8) is 0 Å². The first-order valence-corrected chi connectivity index (χ1v) is 6.00. The van der Waals surface area contributed by atoms with Crippen LogP contribution in [-0.2, 0) is 0 Å². The van der Waals surface area contributed by atoms with E-state index < -0.39 is 0 Å². The summed E-state index contributed by atoms with van der Waals surface area (Å²) in [6.07, 6.45) is 8.40. The largest absolute Gasteiger partial charge is 0.394 e. The molecule has 84 valence electrons. The molecule has 0 unspecified atom stereocenters. The van der Waals surface area contributed by atoms with Gasteiger partial charge in [0.05, 0.1) is 6.61 Å². The molecule has 1 fully saturated rings. The molecule has 14 heavy (non-hydrogen) atoms. The van der Waals surface area contributed by atoms with Crippen LogP contribution in [-0.4, -0.2) is 23.8 Å². The normalized spacial score (nSPS) is 19.9. The molecule has 0 saturated heterocycles. The molecule has 2 heteroatoms. The number of aliphatic hydroxyl groups is 1. The zero-order chi connectivity index (χ0) is 10.4. The smallest absolute Gasteiger partial charge is 0.0607 e. The summed E-state index contributed by atoms with van der Waals surface area (Å²) < 4.78 is 0. The molecule has 1 saturated carbocycles. The molecule has 1 rings (SSSR count). The quantitative estimate of drug-likeness (QED) is 0.712. The van der Waals surface area contributed by atoms with Gasteiger partial charge in [-0.15, -0.1) is 0 Å². The molecule has 1 aliphatic carbocycles. The predicted octanol–water partition coefficient (Wildman–Crippen LogP) is 2.32. The molecule has 0 aromatic carbocycles. The molecule has 0 atom stereocenters. The molecule has 2 nitrogen and oxygen atoms in total. The van der Waals surface area contributed by atoms with Gasteiger partial charge in [-0.3, -0.25) is 0 Å². The standard InChI is InChI=1S/C12H25NO/c1-12(2,10-14)13-9-8-11-6-4-3-5-7-11/h11,13-14H,3-10H2,1-2H3. The molecule has 0 aliphatic heterocycles. The van der Waals surface area contributed by atoms with Crippen LogP contribution < -0.4 is 5.32 Å². The van der Waals surface area contributed by atoms with Gasteiger partial charge in [0.15, 0.2) is 0 Å². The van der Waals surface area contributed by atoms with Crippen LogP contribution in [0.5, 0.6) is 0 Å². The van der Waals surface area contributed by atoms with E-state index in [-0.39, 0.29) is 12.1 Å². The first kappa shape index (κ1) is 12.0. The summed E-state index contributed by atoms with van der Waals surface area (Å²) in [5, 5.41) is 12.5. The van der Waals surface area contributed by atoms with E-state index in [2.05, 4.69) is 5.32 Å². The van der Waals surface area contributed by atoms with Gasteiger partial charge in [0.25, 0.3) is 0 Å². The Morgan fingerprint density at radius 1 is 1.21 bits per heavy atom. The van der Waals surface area contributed by atoms with Crippen molar-refractivity contribution < 1.29 is 5.11 Å². The zero-order valence-electron chi connectivity index (χ0n) is 9.68. The van der Waals surface area contributed by atoms with Crippen molar-refractivity contribution in [2.24, 2.45) is 5.92 Å². The van der Waals surface area contributed by atoms with Crippen molar-refractivity contribution in [1.82, 2.24) is 5.32 Å². The fourth-order valence-electron chi connectivity index (χ4n) is 2.15. The Balaban J connectivity index is 2.08. The summed E-state index contributed by atoms with van der Waals surface area (Å²) in [7, 11) is 0. The molecule has 0 aromatic rings. The third-order valence-electron chi connectivity index (χ3n) is 3.28. The second-order valence-electron chi connectivity index (χ2n) is 5.26. The lowest BCUT2D eigenvalue weighted by Crippen LogP contribution is -2.43. The molecular formula is C12H25NO. The Morgan fingerprint density at radius 3 is 2.43 bits per heavy atom. The fraction of sp³-hybridized carbons (Fsp3) is 1.00. The van der Waals surface area contributed by atoms with Crippen molar-refractivity contribution in [3.05, 3.63) is 0 Å². The summed E-state index contributed by atoms with van der Waals surface area (Å²) in [5.74, 6) is 0.936. The highest BCUT2D eigenvalue weighted by molar-refractivity contribution is 4.76. The van der Waals surface area contributed by atoms with Gasteiger partial charge < -0.3 is 10.4 Å². The van der Waals surface area contributed by atoms with Crippen molar-refractivity contribution >= 4 is 0 Å². The van der Waals surface area contributed by atoms with Crippen molar-refractivity contribution in [3.8, 4) is 0 Å². The first-order valence-electron chi connectivity index (χ1n) is 6.00. The Kier molecular flexibility index (Phi) is 4.90. The van der Waals surface area contributed by atoms with Crippen LogP contribution in [0, 0.1) is 5.92 Å². The lowest BCUT2D eigenvalue weighted by molar-refractivity contribution is 0.184. The third kappa shape index (κ3) is 4.43. The van der Waals surface area contributed by atoms with Crippen LogP contribution in [0.15, 0.2) is 0 Å². The van der Waals surface area contributed by atoms with Crippen LogP contribution in [0.4, 0.5) is 0 Å². The molecule has 0 spiro atoms. The Bertz CT molecular complexity index is 150. The Morgan fingerprint density at radius 2 is 1.86 bits per heavy atom. The average Bonchev–Trinajstić information content (AvgIpc) is 2.19. The van der Waals surface area contributed by atoms with E-state index in [0.29, 0.717) is 0 Å². The molecule has 0 amide bonds. The minimum atomic E-state index is -0.103. The van der Waals surface area contributed by atoms with E-state index in [4.69, 9.17) is 5.11 Å². The maximum Gasteiger partial charge on any atom is 0.0607 e. The fourth-order valence-corrected chi connectivity index (χ4v) is 2.15. The number of hydrogen-bond acceptors (Lipinski definition) is 2. The van der Waals surface area contributed by atoms with Crippen LogP contribution >= 0.6 is 0 Å². The summed E-state index contributed by atoms with van der Waals surface area (Å²) >= 11 is 0. The monoisotopic (exact) mass is 199 g/mol. The Hall–Kier alpha value is -0.0800. The number of aliphatic hydroxyl groups excluding tert-OH is 1. The van der Waals surface area contributed by atoms with E-state index >= 15 is 0 Å². The van der Waals surface area contributed by atoms with Gasteiger partial charge in [-0.2, -0.15) is 0 Å². The van der Waals surface area contributed by atoms with E-state index in [1.807, 2.05) is 13.8 Å². The van der Waals surface area contributed by atoms with E-state index in [1.54, 1.807) is 0 Å². The Labute approximate surface area is 88.1 Å².